The molecule has 0 saturated carbocycles. The third kappa shape index (κ3) is 5.07. The van der Waals surface area contributed by atoms with Crippen LogP contribution in [0.4, 0.5) is 0 Å². The maximum Gasteiger partial charge on any atom is 0.344 e. The van der Waals surface area contributed by atoms with Gasteiger partial charge in [0, 0.05) is 23.7 Å². The minimum atomic E-state index is -4.11. The van der Waals surface area contributed by atoms with Gasteiger partial charge in [0.1, 0.15) is 29.4 Å². The van der Waals surface area contributed by atoms with Gasteiger partial charge in [-0.1, -0.05) is 30.3 Å². The number of fused-ring (bicyclic) bond motifs is 1. The van der Waals surface area contributed by atoms with Gasteiger partial charge in [-0.2, -0.15) is 0 Å². The molecule has 0 spiro atoms. The molecule has 1 aliphatic heterocycles. The van der Waals surface area contributed by atoms with Crippen LogP contribution >= 0.6 is 0 Å². The van der Waals surface area contributed by atoms with Crippen LogP contribution in [0.15, 0.2) is 69.6 Å². The first kappa shape index (κ1) is 25.3. The minimum Gasteiger partial charge on any atom is -0.496 e. The number of esters is 1. The number of carbonyl (C=O) groups is 1. The van der Waals surface area contributed by atoms with Crippen LogP contribution in [0.25, 0.3) is 0 Å². The van der Waals surface area contributed by atoms with Crippen LogP contribution in [0.5, 0.6) is 5.75 Å². The monoisotopic (exact) mass is 510 g/mol. The van der Waals surface area contributed by atoms with E-state index >= 15 is 0 Å². The molecule has 1 N–H and O–H groups in total. The van der Waals surface area contributed by atoms with Crippen molar-refractivity contribution in [3.63, 3.8) is 0 Å². The summed E-state index contributed by atoms with van der Waals surface area (Å²) >= 11 is 0. The zero-order valence-corrected chi connectivity index (χ0v) is 21.2. The first-order chi connectivity index (χ1) is 17.2. The Labute approximate surface area is 209 Å². The van der Waals surface area contributed by atoms with Gasteiger partial charge in [0.05, 0.1) is 32.2 Å². The maximum absolute atomic E-state index is 13.0. The highest BCUT2D eigenvalue weighted by Crippen LogP contribution is 2.31. The molecule has 0 saturated heterocycles. The van der Waals surface area contributed by atoms with Crippen LogP contribution in [-0.2, 0) is 37.4 Å². The van der Waals surface area contributed by atoms with E-state index in [1.54, 1.807) is 26.3 Å². The van der Waals surface area contributed by atoms with Crippen LogP contribution in [0, 0.1) is 13.8 Å². The minimum absolute atomic E-state index is 0.0319. The van der Waals surface area contributed by atoms with Gasteiger partial charge in [0.2, 0.25) is 0 Å². The zero-order valence-electron chi connectivity index (χ0n) is 20.4. The number of aryl methyl sites for hydroxylation is 1. The van der Waals surface area contributed by atoms with E-state index in [0.717, 1.165) is 16.7 Å². The van der Waals surface area contributed by atoms with E-state index in [4.69, 9.17) is 14.2 Å². The van der Waals surface area contributed by atoms with Crippen molar-refractivity contribution < 1.29 is 27.4 Å². The second-order valence-electron chi connectivity index (χ2n) is 8.09. The average molecular weight is 511 g/mol. The molecule has 1 aromatic carbocycles. The summed E-state index contributed by atoms with van der Waals surface area (Å²) in [5.41, 5.74) is 3.39. The van der Waals surface area contributed by atoms with Crippen molar-refractivity contribution in [3.8, 4) is 5.75 Å². The lowest BCUT2D eigenvalue weighted by atomic mass is 10.00. The van der Waals surface area contributed by atoms with Gasteiger partial charge in [-0.05, 0) is 25.5 Å². The number of nitrogens with one attached hydrogen (secondary N) is 1. The van der Waals surface area contributed by atoms with Gasteiger partial charge in [0.15, 0.2) is 0 Å². The molecule has 0 radical (unpaired) electrons. The van der Waals surface area contributed by atoms with Gasteiger partial charge in [0.25, 0.3) is 15.2 Å². The number of rotatable bonds is 8. The lowest BCUT2D eigenvalue weighted by molar-refractivity contribution is -0.140. The number of aromatic nitrogens is 1. The summed E-state index contributed by atoms with van der Waals surface area (Å²) < 4.78 is 44.7. The molecule has 188 valence electrons. The highest BCUT2D eigenvalue weighted by molar-refractivity contribution is 8.04. The lowest BCUT2D eigenvalue weighted by Crippen LogP contribution is -2.29. The number of hydrogen-bond donors (Lipinski definition) is 1. The van der Waals surface area contributed by atoms with Crippen LogP contribution in [0.2, 0.25) is 0 Å². The highest BCUT2D eigenvalue weighted by atomic mass is 32.2. The van der Waals surface area contributed by atoms with Gasteiger partial charge in [-0.3, -0.25) is 4.98 Å². The smallest absolute Gasteiger partial charge is 0.344 e. The Bertz CT molecular complexity index is 1430. The molecule has 1 aromatic heterocycles. The fourth-order valence-corrected chi connectivity index (χ4v) is 4.78. The number of allylic oxidation sites excluding steroid dienone is 2. The number of nitrogens with zero attached hydrogens (tertiary/aromatic N) is 3. The third-order valence-electron chi connectivity index (χ3n) is 5.73. The summed E-state index contributed by atoms with van der Waals surface area (Å²) in [5, 5.41) is -0.441. The van der Waals surface area contributed by atoms with Crippen molar-refractivity contribution in [2.45, 2.75) is 33.4 Å². The Morgan fingerprint density at radius 3 is 2.53 bits per heavy atom. The van der Waals surface area contributed by atoms with Gasteiger partial charge < -0.3 is 14.2 Å². The Hall–Kier alpha value is -3.83. The molecule has 36 heavy (non-hydrogen) atoms. The topological polar surface area (TPSA) is 129 Å². The van der Waals surface area contributed by atoms with Crippen molar-refractivity contribution in [1.29, 1.82) is 0 Å². The van der Waals surface area contributed by atoms with E-state index in [1.165, 1.54) is 7.11 Å². The summed E-state index contributed by atoms with van der Waals surface area (Å²) in [6.07, 6.45) is 3.52. The van der Waals surface area contributed by atoms with Gasteiger partial charge in [-0.15, -0.1) is 0 Å². The summed E-state index contributed by atoms with van der Waals surface area (Å²) in [6, 6.07) is 9.20. The predicted octanol–water partition coefficient (Wildman–Crippen LogP) is 2.87. The molecule has 2 aromatic rings. The van der Waals surface area contributed by atoms with E-state index in [2.05, 4.69) is 19.7 Å². The second-order valence-corrected chi connectivity index (χ2v) is 9.75. The van der Waals surface area contributed by atoms with E-state index in [0.29, 0.717) is 17.2 Å². The molecular weight excluding hydrogens is 484 g/mol. The molecule has 10 nitrogen and oxygen atoms in total. The Kier molecular flexibility index (Phi) is 7.32. The first-order valence-electron chi connectivity index (χ1n) is 11.1. The first-order valence-corrected chi connectivity index (χ1v) is 12.6. The SMILES string of the molecule is COC1=CCC2=NC(S(=O)(=O)NCc3ncc(C)c(OC)c3C)=NC2=C1C(=O)OCc1ccccc1. The quantitative estimate of drug-likeness (QED) is 0.541. The highest BCUT2D eigenvalue weighted by Gasteiger charge is 2.35. The molecule has 0 atom stereocenters. The Morgan fingerprint density at radius 2 is 1.83 bits per heavy atom. The van der Waals surface area contributed by atoms with Crippen LogP contribution in [0.1, 0.15) is 28.8 Å². The van der Waals surface area contributed by atoms with Gasteiger partial charge >= 0.3 is 5.97 Å². The largest absolute Gasteiger partial charge is 0.496 e. The van der Waals surface area contributed by atoms with Crippen molar-refractivity contribution in [1.82, 2.24) is 9.71 Å². The number of pyridine rings is 1. The molecule has 1 aliphatic carbocycles. The van der Waals surface area contributed by atoms with E-state index in [9.17, 15) is 13.2 Å². The number of carbonyl (C=O) groups excluding carboxylic acids is 1. The predicted molar refractivity (Wildman–Crippen MR) is 134 cm³/mol. The number of aliphatic imine (C=N–C) groups is 2. The standard InChI is InChI=1S/C25H26N4O6S/c1-15-12-26-19(16(2)23(15)34-4)13-27-36(31,32)25-28-18-10-11-20(33-3)21(22(18)29-25)24(30)35-14-17-8-6-5-7-9-17/h5-9,11-12,27H,10,13-14H2,1-4H3. The molecule has 4 rings (SSSR count). The molecular formula is C25H26N4O6S. The Balaban J connectivity index is 1.58. The summed E-state index contributed by atoms with van der Waals surface area (Å²) in [4.78, 5) is 25.7. The second kappa shape index (κ2) is 10.4. The van der Waals surface area contributed by atoms with E-state index in [1.807, 2.05) is 37.3 Å². The van der Waals surface area contributed by atoms with Crippen molar-refractivity contribution in [2.75, 3.05) is 14.2 Å². The summed E-state index contributed by atoms with van der Waals surface area (Å²) in [7, 11) is -1.14. The average Bonchev–Trinajstić information content (AvgIpc) is 3.32. The molecule has 11 heteroatoms. The zero-order chi connectivity index (χ0) is 25.9. The fraction of sp³-hybridized carbons (Fsp3) is 0.280. The molecule has 0 unspecified atom stereocenters. The van der Waals surface area contributed by atoms with Gasteiger partial charge in [-0.25, -0.2) is 27.9 Å². The molecule has 2 heterocycles. The molecule has 0 bridgehead atoms. The summed E-state index contributed by atoms with van der Waals surface area (Å²) in [5.74, 6) is 0.214. The summed E-state index contributed by atoms with van der Waals surface area (Å²) in [6.45, 7) is 3.63. The van der Waals surface area contributed by atoms with E-state index in [-0.39, 0.29) is 36.6 Å². The van der Waals surface area contributed by atoms with Crippen molar-refractivity contribution in [3.05, 3.63) is 82.0 Å². The normalized spacial score (nSPS) is 15.1. The van der Waals surface area contributed by atoms with Crippen LogP contribution in [0.3, 0.4) is 0 Å². The van der Waals surface area contributed by atoms with Crippen molar-refractivity contribution in [2.24, 2.45) is 9.98 Å². The number of benzene rings is 1. The molecule has 2 aliphatic rings. The number of amidine groups is 1. The lowest BCUT2D eigenvalue weighted by Gasteiger charge is -2.17. The molecule has 0 fully saturated rings. The molecule has 0 amide bonds. The van der Waals surface area contributed by atoms with E-state index < -0.39 is 21.2 Å². The van der Waals surface area contributed by atoms with Crippen LogP contribution in [-0.4, -0.2) is 44.5 Å². The number of ether oxygens (including phenoxy) is 3. The maximum atomic E-state index is 13.0. The van der Waals surface area contributed by atoms with Crippen molar-refractivity contribution >= 4 is 26.9 Å². The Morgan fingerprint density at radius 1 is 1.08 bits per heavy atom. The number of hydrogen-bond acceptors (Lipinski definition) is 9. The number of methoxy groups -OCH3 is 2. The van der Waals surface area contributed by atoms with Crippen LogP contribution < -0.4 is 9.46 Å². The fourth-order valence-electron chi connectivity index (χ4n) is 3.88. The third-order valence-corrected chi connectivity index (χ3v) is 6.92. The number of sulfonamides is 1.